The first-order valence-electron chi connectivity index (χ1n) is 9.70. The molecule has 0 heterocycles. The van der Waals surface area contributed by atoms with Crippen molar-refractivity contribution in [1.29, 1.82) is 0 Å². The Balaban J connectivity index is 0.00000784. The molecule has 1 unspecified atom stereocenters. The second-order valence-corrected chi connectivity index (χ2v) is 9.77. The Bertz CT molecular complexity index is 767. The van der Waals surface area contributed by atoms with Crippen LogP contribution in [0.15, 0.2) is 29.3 Å². The maximum Gasteiger partial charge on any atom is 0.224 e. The number of halogens is 1. The summed E-state index contributed by atoms with van der Waals surface area (Å²) in [5.74, 6) is 1.09. The molecule has 7 nitrogen and oxygen atoms in total. The molecule has 1 aromatic carbocycles. The zero-order valence-corrected chi connectivity index (χ0v) is 21.1. The predicted octanol–water partition coefficient (Wildman–Crippen LogP) is 3.17. The molecule has 1 rings (SSSR count). The molecule has 9 heteroatoms. The molecular formula is C20H35IN4O3S. The Morgan fingerprint density at radius 1 is 1.21 bits per heavy atom. The molecule has 166 valence electrons. The van der Waals surface area contributed by atoms with Crippen molar-refractivity contribution in [3.63, 3.8) is 0 Å². The molecule has 0 bridgehead atoms. The van der Waals surface area contributed by atoms with Crippen molar-refractivity contribution in [1.82, 2.24) is 10.6 Å². The number of aliphatic imine (C=N–C) groups is 1. The summed E-state index contributed by atoms with van der Waals surface area (Å²) in [6, 6.07) is 7.61. The summed E-state index contributed by atoms with van der Waals surface area (Å²) < 4.78 is 22.6. The smallest absolute Gasteiger partial charge is 0.224 e. The highest BCUT2D eigenvalue weighted by Gasteiger charge is 2.10. The van der Waals surface area contributed by atoms with E-state index in [1.165, 1.54) is 6.26 Å². The molecule has 29 heavy (non-hydrogen) atoms. The van der Waals surface area contributed by atoms with E-state index in [1.807, 2.05) is 52.0 Å². The number of carbonyl (C=O) groups excluding carboxylic acids is 1. The maximum absolute atomic E-state index is 11.9. The summed E-state index contributed by atoms with van der Waals surface area (Å²) in [5.41, 5.74) is 1.74. The molecule has 0 saturated carbocycles. The number of rotatable bonds is 10. The Kier molecular flexibility index (Phi) is 13.1. The van der Waals surface area contributed by atoms with Gasteiger partial charge in [0.2, 0.25) is 5.91 Å². The molecule has 0 aromatic heterocycles. The van der Waals surface area contributed by atoms with Crippen LogP contribution < -0.4 is 16.0 Å². The van der Waals surface area contributed by atoms with Crippen LogP contribution in [-0.2, 0) is 21.2 Å². The van der Waals surface area contributed by atoms with E-state index < -0.39 is 9.84 Å². The van der Waals surface area contributed by atoms with Crippen molar-refractivity contribution in [3.8, 4) is 0 Å². The van der Waals surface area contributed by atoms with Crippen molar-refractivity contribution in [2.75, 3.05) is 23.9 Å². The highest BCUT2D eigenvalue weighted by molar-refractivity contribution is 14.0. The van der Waals surface area contributed by atoms with Crippen LogP contribution in [0.2, 0.25) is 0 Å². The van der Waals surface area contributed by atoms with Crippen LogP contribution in [0.4, 0.5) is 5.69 Å². The van der Waals surface area contributed by atoms with Crippen LogP contribution in [0.3, 0.4) is 0 Å². The van der Waals surface area contributed by atoms with Crippen LogP contribution >= 0.6 is 24.0 Å². The summed E-state index contributed by atoms with van der Waals surface area (Å²) in [4.78, 5) is 16.5. The fraction of sp³-hybridized carbons (Fsp3) is 0.600. The minimum absolute atomic E-state index is 0. The van der Waals surface area contributed by atoms with Gasteiger partial charge in [0.25, 0.3) is 0 Å². The maximum atomic E-state index is 11.9. The molecule has 0 aliphatic rings. The van der Waals surface area contributed by atoms with Crippen molar-refractivity contribution in [2.45, 2.75) is 53.1 Å². The lowest BCUT2D eigenvalue weighted by molar-refractivity contribution is -0.116. The van der Waals surface area contributed by atoms with E-state index in [0.717, 1.165) is 11.3 Å². The van der Waals surface area contributed by atoms with Gasteiger partial charge in [-0.05, 0) is 43.9 Å². The average molecular weight is 538 g/mol. The van der Waals surface area contributed by atoms with Crippen LogP contribution in [0.1, 0.15) is 46.1 Å². The van der Waals surface area contributed by atoms with Crippen LogP contribution in [-0.4, -0.2) is 44.9 Å². The average Bonchev–Trinajstić information content (AvgIpc) is 2.57. The number of nitrogens with zero attached hydrogens (tertiary/aromatic N) is 1. The minimum atomic E-state index is -2.98. The Labute approximate surface area is 192 Å². The molecule has 0 fully saturated rings. The molecule has 3 N–H and O–H groups in total. The van der Waals surface area contributed by atoms with Crippen molar-refractivity contribution in [2.24, 2.45) is 10.9 Å². The normalized spacial score (nSPS) is 12.8. The van der Waals surface area contributed by atoms with Gasteiger partial charge < -0.3 is 16.0 Å². The van der Waals surface area contributed by atoms with E-state index in [9.17, 15) is 13.2 Å². The number of nitrogens with one attached hydrogen (secondary N) is 3. The van der Waals surface area contributed by atoms with Gasteiger partial charge in [-0.3, -0.25) is 4.79 Å². The zero-order valence-electron chi connectivity index (χ0n) is 18.0. The van der Waals surface area contributed by atoms with E-state index in [4.69, 9.17) is 0 Å². The van der Waals surface area contributed by atoms with E-state index >= 15 is 0 Å². The summed E-state index contributed by atoms with van der Waals surface area (Å²) in [7, 11) is -2.98. The van der Waals surface area contributed by atoms with Gasteiger partial charge in [-0.2, -0.15) is 0 Å². The fourth-order valence-electron chi connectivity index (χ4n) is 2.52. The van der Waals surface area contributed by atoms with Gasteiger partial charge in [0.1, 0.15) is 9.84 Å². The van der Waals surface area contributed by atoms with Gasteiger partial charge in [0.15, 0.2) is 5.96 Å². The molecule has 1 amide bonds. The third-order valence-electron chi connectivity index (χ3n) is 3.87. The molecule has 0 aliphatic carbocycles. The van der Waals surface area contributed by atoms with E-state index in [0.29, 0.717) is 37.8 Å². The lowest BCUT2D eigenvalue weighted by Crippen LogP contribution is -2.42. The Morgan fingerprint density at radius 2 is 1.90 bits per heavy atom. The lowest BCUT2D eigenvalue weighted by Gasteiger charge is -2.17. The number of carbonyl (C=O) groups is 1. The summed E-state index contributed by atoms with van der Waals surface area (Å²) in [6.45, 7) is 9.08. The van der Waals surface area contributed by atoms with Crippen LogP contribution in [0, 0.1) is 5.92 Å². The molecule has 1 atom stereocenters. The van der Waals surface area contributed by atoms with E-state index in [1.54, 1.807) is 0 Å². The van der Waals surface area contributed by atoms with Crippen molar-refractivity contribution >= 4 is 51.4 Å². The van der Waals surface area contributed by atoms with E-state index in [-0.39, 0.29) is 41.7 Å². The Hall–Kier alpha value is -1.36. The molecule has 0 radical (unpaired) electrons. The number of hydrogen-bond donors (Lipinski definition) is 3. The summed E-state index contributed by atoms with van der Waals surface area (Å²) in [6.07, 6.45) is 2.24. The standard InChI is InChI=1S/C20H34N4O3S.HI/c1-6-21-20(23-16(4)10-11-28(5,26)27)22-14-17-8-7-9-18(13-17)24-19(25)12-15(2)3;/h7-9,13,15-16H,6,10-12,14H2,1-5H3,(H,24,25)(H2,21,22,23);1H. The number of benzene rings is 1. The van der Waals surface area contributed by atoms with Crippen LogP contribution in [0.5, 0.6) is 0 Å². The SMILES string of the molecule is CCNC(=NCc1cccc(NC(=O)CC(C)C)c1)NC(C)CCS(C)(=O)=O.I. The topological polar surface area (TPSA) is 99.7 Å². The first kappa shape index (κ1) is 27.6. The third kappa shape index (κ3) is 13.5. The second-order valence-electron chi connectivity index (χ2n) is 7.51. The molecule has 0 saturated heterocycles. The quantitative estimate of drug-likeness (QED) is 0.242. The largest absolute Gasteiger partial charge is 0.357 e. The zero-order chi connectivity index (χ0) is 21.2. The summed E-state index contributed by atoms with van der Waals surface area (Å²) >= 11 is 0. The monoisotopic (exact) mass is 538 g/mol. The molecule has 0 spiro atoms. The number of sulfone groups is 1. The Morgan fingerprint density at radius 3 is 2.48 bits per heavy atom. The minimum Gasteiger partial charge on any atom is -0.357 e. The lowest BCUT2D eigenvalue weighted by atomic mass is 10.1. The fourth-order valence-corrected chi connectivity index (χ4v) is 3.30. The first-order valence-corrected chi connectivity index (χ1v) is 11.8. The number of hydrogen-bond acceptors (Lipinski definition) is 4. The number of guanidine groups is 1. The molecule has 1 aromatic rings. The highest BCUT2D eigenvalue weighted by Crippen LogP contribution is 2.13. The van der Waals surface area contributed by atoms with Gasteiger partial charge in [-0.25, -0.2) is 13.4 Å². The van der Waals surface area contributed by atoms with Crippen molar-refractivity contribution in [3.05, 3.63) is 29.8 Å². The molecular weight excluding hydrogens is 503 g/mol. The van der Waals surface area contributed by atoms with Crippen molar-refractivity contribution < 1.29 is 13.2 Å². The first-order chi connectivity index (χ1) is 13.1. The van der Waals surface area contributed by atoms with E-state index in [2.05, 4.69) is 20.9 Å². The van der Waals surface area contributed by atoms with Gasteiger partial charge in [-0.15, -0.1) is 24.0 Å². The highest BCUT2D eigenvalue weighted by atomic mass is 127. The second kappa shape index (κ2) is 13.8. The van der Waals surface area contributed by atoms with Gasteiger partial charge in [0, 0.05) is 31.0 Å². The van der Waals surface area contributed by atoms with Gasteiger partial charge in [-0.1, -0.05) is 26.0 Å². The number of anilines is 1. The predicted molar refractivity (Wildman–Crippen MR) is 132 cm³/mol. The van der Waals surface area contributed by atoms with Gasteiger partial charge >= 0.3 is 0 Å². The third-order valence-corrected chi connectivity index (χ3v) is 4.85. The van der Waals surface area contributed by atoms with Crippen LogP contribution in [0.25, 0.3) is 0 Å². The number of amides is 1. The summed E-state index contributed by atoms with van der Waals surface area (Å²) in [5, 5.41) is 9.32. The molecule has 0 aliphatic heterocycles. The van der Waals surface area contributed by atoms with Gasteiger partial charge in [0.05, 0.1) is 12.3 Å².